The van der Waals surface area contributed by atoms with E-state index in [9.17, 15) is 9.59 Å². The SMILES string of the molecule is C/C=C(\C(=O)Nc1ccc(Oc2ccnc3cc(OC)c(OC)cc23)cn1)C(=O)Nc1ccccc1Cl.CN. The number of hydrogen-bond acceptors (Lipinski definition) is 8. The smallest absolute Gasteiger partial charge is 0.262 e. The number of halogens is 1. The average molecular weight is 550 g/mol. The minimum atomic E-state index is -0.616. The molecular weight excluding hydrogens is 522 g/mol. The Labute approximate surface area is 230 Å². The Hall–Kier alpha value is -4.67. The number of carbonyl (C=O) groups excluding carboxylic acids is 2. The minimum absolute atomic E-state index is 0.0883. The van der Waals surface area contributed by atoms with Crippen molar-refractivity contribution in [2.24, 2.45) is 5.73 Å². The van der Waals surface area contributed by atoms with Crippen LogP contribution in [0.25, 0.3) is 10.9 Å². The van der Waals surface area contributed by atoms with Gasteiger partial charge >= 0.3 is 0 Å². The summed E-state index contributed by atoms with van der Waals surface area (Å²) in [7, 11) is 4.61. The van der Waals surface area contributed by atoms with Crippen molar-refractivity contribution < 1.29 is 23.8 Å². The van der Waals surface area contributed by atoms with Crippen LogP contribution in [0.4, 0.5) is 11.5 Å². The van der Waals surface area contributed by atoms with Crippen molar-refractivity contribution in [2.75, 3.05) is 31.9 Å². The number of benzene rings is 2. The highest BCUT2D eigenvalue weighted by Gasteiger charge is 2.19. The van der Waals surface area contributed by atoms with Gasteiger partial charge in [-0.15, -0.1) is 0 Å². The number of fused-ring (bicyclic) bond motifs is 1. The molecule has 0 saturated carbocycles. The summed E-state index contributed by atoms with van der Waals surface area (Å²) in [6.07, 6.45) is 4.50. The summed E-state index contributed by atoms with van der Waals surface area (Å²) >= 11 is 6.09. The summed E-state index contributed by atoms with van der Waals surface area (Å²) in [6, 6.07) is 15.2. The van der Waals surface area contributed by atoms with E-state index in [1.165, 1.54) is 19.3 Å². The van der Waals surface area contributed by atoms with Crippen LogP contribution in [0, 0.1) is 0 Å². The van der Waals surface area contributed by atoms with E-state index in [0.29, 0.717) is 39.2 Å². The highest BCUT2D eigenvalue weighted by Crippen LogP contribution is 2.36. The van der Waals surface area contributed by atoms with Crippen LogP contribution < -0.4 is 30.6 Å². The molecule has 0 aliphatic rings. The largest absolute Gasteiger partial charge is 0.493 e. The van der Waals surface area contributed by atoms with Gasteiger partial charge in [0.2, 0.25) is 0 Å². The van der Waals surface area contributed by atoms with Crippen LogP contribution in [0.2, 0.25) is 5.02 Å². The second-order valence-electron chi connectivity index (χ2n) is 7.61. The van der Waals surface area contributed by atoms with Crippen molar-refractivity contribution in [3.05, 3.63) is 83.7 Å². The van der Waals surface area contributed by atoms with E-state index >= 15 is 0 Å². The second-order valence-corrected chi connectivity index (χ2v) is 8.01. The maximum atomic E-state index is 12.7. The van der Waals surface area contributed by atoms with Gasteiger partial charge in [0.05, 0.1) is 36.6 Å². The molecule has 0 aliphatic heterocycles. The predicted molar refractivity (Wildman–Crippen MR) is 152 cm³/mol. The number of para-hydroxylation sites is 1. The normalized spacial score (nSPS) is 10.7. The Balaban J connectivity index is 0.00000205. The van der Waals surface area contributed by atoms with E-state index in [1.807, 2.05) is 0 Å². The lowest BCUT2D eigenvalue weighted by Crippen LogP contribution is -2.25. The number of nitrogens with one attached hydrogen (secondary N) is 2. The Morgan fingerprint density at radius 3 is 2.23 bits per heavy atom. The number of carbonyl (C=O) groups is 2. The summed E-state index contributed by atoms with van der Waals surface area (Å²) in [6.45, 7) is 1.59. The van der Waals surface area contributed by atoms with Crippen molar-refractivity contribution in [2.45, 2.75) is 6.92 Å². The van der Waals surface area contributed by atoms with Crippen LogP contribution in [0.1, 0.15) is 6.92 Å². The molecule has 0 unspecified atom stereocenters. The van der Waals surface area contributed by atoms with Gasteiger partial charge in [-0.25, -0.2) is 4.98 Å². The van der Waals surface area contributed by atoms with Gasteiger partial charge in [0.15, 0.2) is 11.5 Å². The predicted octanol–water partition coefficient (Wildman–Crippen LogP) is 5.19. The quantitative estimate of drug-likeness (QED) is 0.155. The van der Waals surface area contributed by atoms with Gasteiger partial charge in [-0.05, 0) is 50.4 Å². The summed E-state index contributed by atoms with van der Waals surface area (Å²) in [5, 5.41) is 6.33. The number of pyridine rings is 2. The van der Waals surface area contributed by atoms with Crippen LogP contribution in [-0.2, 0) is 9.59 Å². The van der Waals surface area contributed by atoms with E-state index < -0.39 is 11.8 Å². The zero-order chi connectivity index (χ0) is 28.4. The van der Waals surface area contributed by atoms with Gasteiger partial charge in [0.25, 0.3) is 11.8 Å². The first-order valence-corrected chi connectivity index (χ1v) is 12.1. The molecule has 4 rings (SSSR count). The molecule has 2 amide bonds. The molecular formula is C28H28ClN5O5. The zero-order valence-corrected chi connectivity index (χ0v) is 22.6. The van der Waals surface area contributed by atoms with E-state index in [0.717, 1.165) is 5.39 Å². The topological polar surface area (TPSA) is 138 Å². The summed E-state index contributed by atoms with van der Waals surface area (Å²) in [5.41, 5.74) is 5.48. The molecule has 202 valence electrons. The number of aromatic nitrogens is 2. The number of anilines is 2. The van der Waals surface area contributed by atoms with Gasteiger partial charge in [0.1, 0.15) is 22.9 Å². The minimum Gasteiger partial charge on any atom is -0.493 e. The summed E-state index contributed by atoms with van der Waals surface area (Å²) in [4.78, 5) is 33.9. The van der Waals surface area contributed by atoms with Gasteiger partial charge in [0, 0.05) is 17.6 Å². The molecule has 0 bridgehead atoms. The van der Waals surface area contributed by atoms with Gasteiger partial charge in [-0.2, -0.15) is 0 Å². The van der Waals surface area contributed by atoms with Crippen molar-refractivity contribution in [3.63, 3.8) is 0 Å². The molecule has 2 aromatic heterocycles. The van der Waals surface area contributed by atoms with E-state index in [4.69, 9.17) is 25.8 Å². The van der Waals surface area contributed by atoms with Crippen LogP contribution in [0.15, 0.2) is 78.6 Å². The standard InChI is InChI=1S/C27H23ClN4O5.CH5N/c1-4-17(26(33)31-20-8-6-5-7-19(20)28)27(34)32-25-10-9-16(15-30-25)37-22-11-12-29-21-14-24(36-3)23(35-2)13-18(21)22;1-2/h4-15H,1-3H3,(H,31,33)(H,30,32,34);2H2,1H3/b17-4-;. The number of methoxy groups -OCH3 is 2. The Morgan fingerprint density at radius 2 is 1.59 bits per heavy atom. The number of amides is 2. The molecule has 11 heteroatoms. The fourth-order valence-electron chi connectivity index (χ4n) is 3.48. The average Bonchev–Trinajstić information content (AvgIpc) is 2.96. The number of hydrogen-bond donors (Lipinski definition) is 3. The molecule has 2 aromatic carbocycles. The summed E-state index contributed by atoms with van der Waals surface area (Å²) < 4.78 is 16.7. The third kappa shape index (κ3) is 7.01. The first kappa shape index (κ1) is 28.9. The lowest BCUT2D eigenvalue weighted by atomic mass is 10.2. The molecule has 0 saturated heterocycles. The molecule has 2 heterocycles. The molecule has 4 N–H and O–H groups in total. The van der Waals surface area contributed by atoms with Crippen LogP contribution in [-0.4, -0.2) is 43.0 Å². The van der Waals surface area contributed by atoms with Crippen LogP contribution in [0.5, 0.6) is 23.0 Å². The number of nitrogens with zero attached hydrogens (tertiary/aromatic N) is 2. The van der Waals surface area contributed by atoms with Crippen molar-refractivity contribution >= 4 is 45.8 Å². The molecule has 0 atom stereocenters. The zero-order valence-electron chi connectivity index (χ0n) is 21.8. The Morgan fingerprint density at radius 1 is 0.897 bits per heavy atom. The van der Waals surface area contributed by atoms with Crippen molar-refractivity contribution in [1.29, 1.82) is 0 Å². The Bertz CT molecular complexity index is 1490. The van der Waals surface area contributed by atoms with E-state index in [2.05, 4.69) is 26.3 Å². The highest BCUT2D eigenvalue weighted by molar-refractivity contribution is 6.34. The monoisotopic (exact) mass is 549 g/mol. The fourth-order valence-corrected chi connectivity index (χ4v) is 3.66. The number of allylic oxidation sites excluding steroid dienone is 1. The molecule has 4 aromatic rings. The number of rotatable bonds is 8. The fraction of sp³-hybridized carbons (Fsp3) is 0.143. The van der Waals surface area contributed by atoms with Gasteiger partial charge in [-0.3, -0.25) is 14.6 Å². The first-order valence-electron chi connectivity index (χ1n) is 11.7. The molecule has 10 nitrogen and oxygen atoms in total. The Kier molecular flexibility index (Phi) is 10.2. The van der Waals surface area contributed by atoms with Crippen molar-refractivity contribution in [1.82, 2.24) is 9.97 Å². The van der Waals surface area contributed by atoms with Crippen LogP contribution in [0.3, 0.4) is 0 Å². The van der Waals surface area contributed by atoms with Crippen LogP contribution >= 0.6 is 11.6 Å². The maximum absolute atomic E-state index is 12.7. The van der Waals surface area contributed by atoms with Gasteiger partial charge in [-0.1, -0.05) is 29.8 Å². The second kappa shape index (κ2) is 13.8. The van der Waals surface area contributed by atoms with Gasteiger partial charge < -0.3 is 30.6 Å². The first-order chi connectivity index (χ1) is 18.9. The molecule has 39 heavy (non-hydrogen) atoms. The maximum Gasteiger partial charge on any atom is 0.262 e. The molecule has 0 fully saturated rings. The molecule has 0 radical (unpaired) electrons. The molecule has 0 aliphatic carbocycles. The highest BCUT2D eigenvalue weighted by atomic mass is 35.5. The third-order valence-electron chi connectivity index (χ3n) is 5.31. The van der Waals surface area contributed by atoms with E-state index in [1.54, 1.807) is 81.9 Å². The lowest BCUT2D eigenvalue weighted by molar-refractivity contribution is -0.118. The number of ether oxygens (including phenoxy) is 3. The third-order valence-corrected chi connectivity index (χ3v) is 5.64. The molecule has 0 spiro atoms. The summed E-state index contributed by atoms with van der Waals surface area (Å²) in [5.74, 6) is 1.11. The van der Waals surface area contributed by atoms with E-state index in [-0.39, 0.29) is 11.4 Å². The lowest BCUT2D eigenvalue weighted by Gasteiger charge is -2.13. The van der Waals surface area contributed by atoms with Crippen molar-refractivity contribution in [3.8, 4) is 23.0 Å². The number of nitrogens with two attached hydrogens (primary N) is 1.